The van der Waals surface area contributed by atoms with Crippen LogP contribution in [0.15, 0.2) is 17.5 Å². The topological polar surface area (TPSA) is 38.1 Å². The van der Waals surface area contributed by atoms with Crippen LogP contribution in [-0.4, -0.2) is 31.0 Å². The molecule has 1 aromatic rings. The van der Waals surface area contributed by atoms with E-state index in [1.165, 1.54) is 6.33 Å². The van der Waals surface area contributed by atoms with Gasteiger partial charge in [-0.3, -0.25) is 0 Å². The maximum atomic E-state index is 4.07. The second-order valence-electron chi connectivity index (χ2n) is 1.85. The number of hydrogen-bond acceptors (Lipinski definition) is 3. The van der Waals surface area contributed by atoms with E-state index in [1.54, 1.807) is 6.21 Å². The van der Waals surface area contributed by atoms with Crippen molar-refractivity contribution in [2.45, 2.75) is 0 Å². The molecule has 2 heterocycles. The molecule has 1 radical (unpaired) electrons. The number of aromatic nitrogens is 2. The van der Waals surface area contributed by atoms with Crippen LogP contribution in [0, 0.1) is 0 Å². The van der Waals surface area contributed by atoms with Crippen molar-refractivity contribution in [3.05, 3.63) is 12.5 Å². The summed E-state index contributed by atoms with van der Waals surface area (Å²) in [6.07, 6.45) is 5.12. The number of hydrogen-bond donors (Lipinski definition) is 0. The minimum absolute atomic E-state index is 0.673. The van der Waals surface area contributed by atoms with Gasteiger partial charge in [0.1, 0.15) is 6.33 Å². The van der Waals surface area contributed by atoms with Gasteiger partial charge in [0.15, 0.2) is 5.82 Å². The van der Waals surface area contributed by atoms with Crippen molar-refractivity contribution in [2.75, 3.05) is 0 Å². The Balaban J connectivity index is 2.65. The lowest BCUT2D eigenvalue weighted by atomic mass is 10.6. The van der Waals surface area contributed by atoms with Crippen molar-refractivity contribution in [3.63, 3.8) is 0 Å². The average molecular weight is 146 g/mol. The smallest absolute Gasteiger partial charge is 0.157 e. The first-order chi connectivity index (χ1) is 4.97. The summed E-state index contributed by atoms with van der Waals surface area (Å²) in [5.41, 5.74) is 2.02. The third kappa shape index (κ3) is 0.822. The maximum Gasteiger partial charge on any atom is 0.157 e. The van der Waals surface area contributed by atoms with E-state index >= 15 is 0 Å². The fraction of sp³-hybridized carbons (Fsp3) is 0. The van der Waals surface area contributed by atoms with Crippen molar-refractivity contribution in [3.8, 4) is 0 Å². The van der Waals surface area contributed by atoms with Crippen LogP contribution >= 0.6 is 0 Å². The molecule has 0 unspecified atom stereocenters. The van der Waals surface area contributed by atoms with E-state index in [1.807, 2.05) is 11.9 Å². The molecule has 0 fully saturated rings. The quantitative estimate of drug-likeness (QED) is 0.455. The van der Waals surface area contributed by atoms with Crippen LogP contribution in [0.3, 0.4) is 0 Å². The number of aliphatic imine (C=N–C) groups is 1. The molecule has 0 bridgehead atoms. The molecule has 1 aliphatic rings. The summed E-state index contributed by atoms with van der Waals surface area (Å²) in [4.78, 5) is 12.0. The zero-order valence-corrected chi connectivity index (χ0v) is 6.15. The van der Waals surface area contributed by atoms with Crippen molar-refractivity contribution >= 4 is 32.0 Å². The molecule has 1 aromatic heterocycles. The van der Waals surface area contributed by atoms with Crippen LogP contribution in [0.2, 0.25) is 0 Å². The molecule has 0 aromatic carbocycles. The molecule has 0 N–H and O–H groups in total. The van der Waals surface area contributed by atoms with Gasteiger partial charge in [0.05, 0.1) is 9.13 Å². The van der Waals surface area contributed by atoms with E-state index in [2.05, 4.69) is 15.0 Å². The summed E-state index contributed by atoms with van der Waals surface area (Å²) >= 11 is 0. The lowest BCUT2D eigenvalue weighted by molar-refractivity contribution is 1.17. The van der Waals surface area contributed by atoms with Gasteiger partial charge in [0.25, 0.3) is 0 Å². The van der Waals surface area contributed by atoms with Crippen molar-refractivity contribution in [1.82, 2.24) is 9.97 Å². The highest BCUT2D eigenvalue weighted by molar-refractivity contribution is 6.71. The van der Waals surface area contributed by atoms with Crippen LogP contribution < -0.4 is 5.19 Å². The molecule has 0 saturated heterocycles. The maximum absolute atomic E-state index is 4.07. The van der Waals surface area contributed by atoms with Gasteiger partial charge in [-0.25, -0.2) is 15.0 Å². The van der Waals surface area contributed by atoms with Gasteiger partial charge in [-0.05, 0) is 0 Å². The number of rotatable bonds is 0. The standard InChI is InChI=1S/C6H4N3Si/c1-2-10-5-3-7-4-9-6(5)8-1/h1-4H. The van der Waals surface area contributed by atoms with E-state index in [-0.39, 0.29) is 0 Å². The van der Waals surface area contributed by atoms with Crippen LogP contribution in [0.4, 0.5) is 5.82 Å². The summed E-state index contributed by atoms with van der Waals surface area (Å²) in [5.74, 6) is 0.816. The molecule has 0 aliphatic carbocycles. The largest absolute Gasteiger partial charge is 0.244 e. The van der Waals surface area contributed by atoms with Crippen LogP contribution in [0.5, 0.6) is 0 Å². The highest BCUT2D eigenvalue weighted by Crippen LogP contribution is 1.99. The van der Waals surface area contributed by atoms with E-state index in [4.69, 9.17) is 0 Å². The molecule has 3 nitrogen and oxygen atoms in total. The predicted octanol–water partition coefficient (Wildman–Crippen LogP) is -0.676. The SMILES string of the molecule is C1=Nc2ncncc2[Si]=C1. The Kier molecular flexibility index (Phi) is 1.25. The van der Waals surface area contributed by atoms with Crippen molar-refractivity contribution in [1.29, 1.82) is 0 Å². The first-order valence-corrected chi connectivity index (χ1v) is 3.97. The highest BCUT2D eigenvalue weighted by Gasteiger charge is 1.99. The van der Waals surface area contributed by atoms with Gasteiger partial charge in [-0.1, -0.05) is 5.67 Å². The second kappa shape index (κ2) is 2.22. The minimum Gasteiger partial charge on any atom is -0.244 e. The highest BCUT2D eigenvalue weighted by atomic mass is 28.2. The Morgan fingerprint density at radius 3 is 3.30 bits per heavy atom. The normalized spacial score (nSPS) is 13.2. The van der Waals surface area contributed by atoms with Crippen LogP contribution in [0.1, 0.15) is 0 Å². The fourth-order valence-electron chi connectivity index (χ4n) is 0.763. The van der Waals surface area contributed by atoms with E-state index in [0.717, 1.165) is 11.0 Å². The summed E-state index contributed by atoms with van der Waals surface area (Å²) in [7, 11) is 0.673. The average Bonchev–Trinajstić information content (AvgIpc) is 2.05. The summed E-state index contributed by atoms with van der Waals surface area (Å²) < 4.78 is 0. The second-order valence-corrected chi connectivity index (χ2v) is 3.01. The fourth-order valence-corrected chi connectivity index (χ4v) is 1.50. The monoisotopic (exact) mass is 146 g/mol. The van der Waals surface area contributed by atoms with Gasteiger partial charge < -0.3 is 0 Å². The molecule has 0 atom stereocenters. The number of fused-ring (bicyclic) bond motifs is 1. The molecular weight excluding hydrogens is 142 g/mol. The Hall–Kier alpha value is -1.16. The zero-order chi connectivity index (χ0) is 6.81. The molecule has 4 heteroatoms. The Morgan fingerprint density at radius 2 is 2.40 bits per heavy atom. The van der Waals surface area contributed by atoms with E-state index in [0.29, 0.717) is 9.13 Å². The molecule has 0 amide bonds. The van der Waals surface area contributed by atoms with Gasteiger partial charge in [-0.2, -0.15) is 0 Å². The molecule has 10 heavy (non-hydrogen) atoms. The third-order valence-electron chi connectivity index (χ3n) is 1.20. The molecule has 2 rings (SSSR count). The lowest BCUT2D eigenvalue weighted by Gasteiger charge is -1.98. The zero-order valence-electron chi connectivity index (χ0n) is 5.15. The molecule has 0 spiro atoms. The van der Waals surface area contributed by atoms with E-state index in [9.17, 15) is 0 Å². The summed E-state index contributed by atoms with van der Waals surface area (Å²) in [5, 5.41) is 1.13. The summed E-state index contributed by atoms with van der Waals surface area (Å²) in [6, 6.07) is 0. The Bertz CT molecular complexity index is 275. The Morgan fingerprint density at radius 1 is 1.40 bits per heavy atom. The first-order valence-electron chi connectivity index (χ1n) is 2.89. The van der Waals surface area contributed by atoms with Crippen molar-refractivity contribution in [2.24, 2.45) is 4.99 Å². The van der Waals surface area contributed by atoms with Crippen LogP contribution in [-0.2, 0) is 0 Å². The van der Waals surface area contributed by atoms with Gasteiger partial charge in [-0.15, -0.1) is 0 Å². The van der Waals surface area contributed by atoms with Gasteiger partial charge >= 0.3 is 0 Å². The molecule has 0 saturated carbocycles. The van der Waals surface area contributed by atoms with Crippen molar-refractivity contribution < 1.29 is 0 Å². The minimum atomic E-state index is 0.673. The first kappa shape index (κ1) is 5.61. The Labute approximate surface area is 60.3 Å². The van der Waals surface area contributed by atoms with Gasteiger partial charge in [0.2, 0.25) is 0 Å². The van der Waals surface area contributed by atoms with Crippen LogP contribution in [0.25, 0.3) is 0 Å². The molecule has 47 valence electrons. The lowest BCUT2D eigenvalue weighted by Crippen LogP contribution is -2.15. The predicted molar refractivity (Wildman–Crippen MR) is 41.6 cm³/mol. The summed E-state index contributed by atoms with van der Waals surface area (Å²) in [6.45, 7) is 0. The third-order valence-corrected chi connectivity index (χ3v) is 2.18. The van der Waals surface area contributed by atoms with E-state index < -0.39 is 0 Å². The molecule has 1 aliphatic heterocycles. The molecular formula is C6H4N3Si. The van der Waals surface area contributed by atoms with Gasteiger partial charge in [0, 0.05) is 17.6 Å². The number of nitrogens with zero attached hydrogens (tertiary/aromatic N) is 3.